The third-order valence-corrected chi connectivity index (χ3v) is 3.13. The molecule has 11 heavy (non-hydrogen) atoms. The van der Waals surface area contributed by atoms with Gasteiger partial charge in [-0.05, 0) is 45.4 Å². The average molecular weight is 153 g/mol. The van der Waals surface area contributed by atoms with Crippen LogP contribution in [0.5, 0.6) is 0 Å². The van der Waals surface area contributed by atoms with E-state index in [4.69, 9.17) is 0 Å². The molecule has 0 aromatic heterocycles. The summed E-state index contributed by atoms with van der Waals surface area (Å²) in [7, 11) is 6.25. The number of nitrogens with zero attached hydrogens (tertiary/aromatic N) is 2. The number of rotatable bonds is 0. The molecule has 2 heteroatoms. The van der Waals surface area contributed by atoms with Crippen molar-refractivity contribution in [3.63, 3.8) is 0 Å². The van der Waals surface area contributed by atoms with Crippen LogP contribution in [0, 0.1) is 13.0 Å². The lowest BCUT2D eigenvalue weighted by atomic mass is 9.93. The molecule has 2 fully saturated rings. The van der Waals surface area contributed by atoms with Gasteiger partial charge in [0.05, 0.1) is 0 Å². The Morgan fingerprint density at radius 1 is 1.36 bits per heavy atom. The first-order chi connectivity index (χ1) is 5.27. The third kappa shape index (κ3) is 1.30. The lowest BCUT2D eigenvalue weighted by Gasteiger charge is -2.34. The number of hydrogen-bond acceptors (Lipinski definition) is 2. The van der Waals surface area contributed by atoms with E-state index in [-0.39, 0.29) is 0 Å². The van der Waals surface area contributed by atoms with Gasteiger partial charge in [0, 0.05) is 6.04 Å². The van der Waals surface area contributed by atoms with E-state index in [0.717, 1.165) is 12.0 Å². The zero-order valence-corrected chi connectivity index (χ0v) is 7.29. The van der Waals surface area contributed by atoms with Crippen molar-refractivity contribution in [3.8, 4) is 0 Å². The van der Waals surface area contributed by atoms with E-state index in [1.807, 2.05) is 0 Å². The van der Waals surface area contributed by atoms with Crippen LogP contribution in [0.4, 0.5) is 0 Å². The predicted molar refractivity (Wildman–Crippen MR) is 46.1 cm³/mol. The Bertz CT molecular complexity index is 146. The maximum absolute atomic E-state index is 4.00. The SMILES string of the molecule is [CH2-]N1C[C@H]2CCCN(C)[C@H]2C1. The molecule has 0 bridgehead atoms. The monoisotopic (exact) mass is 153 g/mol. The number of fused-ring (bicyclic) bond motifs is 1. The van der Waals surface area contributed by atoms with Crippen LogP contribution < -0.4 is 0 Å². The lowest BCUT2D eigenvalue weighted by Crippen LogP contribution is -2.42. The molecule has 2 rings (SSSR count). The molecule has 0 aromatic carbocycles. The van der Waals surface area contributed by atoms with Gasteiger partial charge in [0.1, 0.15) is 0 Å². The topological polar surface area (TPSA) is 6.48 Å². The summed E-state index contributed by atoms with van der Waals surface area (Å²) in [5.74, 6) is 0.909. The van der Waals surface area contributed by atoms with Crippen LogP contribution in [0.15, 0.2) is 0 Å². The van der Waals surface area contributed by atoms with E-state index < -0.39 is 0 Å². The van der Waals surface area contributed by atoms with Crippen molar-refractivity contribution in [2.75, 3.05) is 26.7 Å². The smallest absolute Gasteiger partial charge is 0.0235 e. The summed E-state index contributed by atoms with van der Waals surface area (Å²) in [5, 5.41) is 0. The lowest BCUT2D eigenvalue weighted by molar-refractivity contribution is 0.157. The van der Waals surface area contributed by atoms with E-state index in [0.29, 0.717) is 0 Å². The molecule has 0 radical (unpaired) electrons. The highest BCUT2D eigenvalue weighted by Crippen LogP contribution is 2.28. The maximum atomic E-state index is 4.00. The summed E-state index contributed by atoms with van der Waals surface area (Å²) in [4.78, 5) is 4.72. The molecule has 0 aliphatic carbocycles. The maximum Gasteiger partial charge on any atom is 0.0235 e. The Balaban J connectivity index is 2.03. The second-order valence-electron chi connectivity index (χ2n) is 3.99. The van der Waals surface area contributed by atoms with Gasteiger partial charge in [0.25, 0.3) is 0 Å². The number of likely N-dealkylation sites (N-methyl/N-ethyl adjacent to an activating group) is 1. The molecule has 0 aromatic rings. The minimum Gasteiger partial charge on any atom is -0.458 e. The van der Waals surface area contributed by atoms with E-state index >= 15 is 0 Å². The molecular weight excluding hydrogens is 136 g/mol. The second-order valence-corrected chi connectivity index (χ2v) is 3.99. The number of likely N-dealkylation sites (tertiary alicyclic amines) is 2. The fraction of sp³-hybridized carbons (Fsp3) is 0.889. The van der Waals surface area contributed by atoms with Crippen molar-refractivity contribution < 1.29 is 0 Å². The van der Waals surface area contributed by atoms with Gasteiger partial charge in [-0.1, -0.05) is 0 Å². The van der Waals surface area contributed by atoms with Gasteiger partial charge in [-0.25, -0.2) is 0 Å². The predicted octanol–water partition coefficient (Wildman–Crippen LogP) is 0.804. The quantitative estimate of drug-likeness (QED) is 0.475. The average Bonchev–Trinajstić information content (AvgIpc) is 2.31. The van der Waals surface area contributed by atoms with Crippen molar-refractivity contribution in [1.29, 1.82) is 0 Å². The highest BCUT2D eigenvalue weighted by Gasteiger charge is 2.33. The fourth-order valence-electron chi connectivity index (χ4n) is 2.49. The standard InChI is InChI=1S/C9H17N2/c1-10-6-8-4-3-5-11(2)9(8)7-10/h8-9H,1,3-7H2,2H3/q-1/t8-,9+/m1/s1. The largest absolute Gasteiger partial charge is 0.458 e. The van der Waals surface area contributed by atoms with Crippen molar-refractivity contribution >= 4 is 0 Å². The van der Waals surface area contributed by atoms with Gasteiger partial charge >= 0.3 is 0 Å². The first-order valence-corrected chi connectivity index (χ1v) is 4.53. The first kappa shape index (κ1) is 7.56. The minimum atomic E-state index is 0.807. The molecule has 2 nitrogen and oxygen atoms in total. The van der Waals surface area contributed by atoms with Crippen LogP contribution in [-0.2, 0) is 0 Å². The van der Waals surface area contributed by atoms with Crippen molar-refractivity contribution in [1.82, 2.24) is 9.80 Å². The van der Waals surface area contributed by atoms with Crippen LogP contribution in [0.3, 0.4) is 0 Å². The molecule has 0 N–H and O–H groups in total. The van der Waals surface area contributed by atoms with Crippen LogP contribution in [0.25, 0.3) is 0 Å². The van der Waals surface area contributed by atoms with Crippen molar-refractivity contribution in [2.45, 2.75) is 18.9 Å². The summed E-state index contributed by atoms with van der Waals surface area (Å²) >= 11 is 0. The Morgan fingerprint density at radius 3 is 2.91 bits per heavy atom. The third-order valence-electron chi connectivity index (χ3n) is 3.13. The molecule has 2 saturated heterocycles. The summed E-state index contributed by atoms with van der Waals surface area (Å²) in [6.45, 7) is 3.69. The molecule has 64 valence electrons. The van der Waals surface area contributed by atoms with Gasteiger partial charge < -0.3 is 9.80 Å². The minimum absolute atomic E-state index is 0.807. The van der Waals surface area contributed by atoms with Crippen LogP contribution in [0.1, 0.15) is 12.8 Å². The van der Waals surface area contributed by atoms with Gasteiger partial charge in [-0.2, -0.15) is 0 Å². The fourth-order valence-corrected chi connectivity index (χ4v) is 2.49. The van der Waals surface area contributed by atoms with Gasteiger partial charge in [0.15, 0.2) is 0 Å². The normalized spacial score (nSPS) is 40.9. The highest BCUT2D eigenvalue weighted by atomic mass is 15.2. The molecule has 2 atom stereocenters. The van der Waals surface area contributed by atoms with E-state index in [1.165, 1.54) is 32.5 Å². The van der Waals surface area contributed by atoms with E-state index in [1.54, 1.807) is 0 Å². The number of piperidine rings is 1. The Hall–Kier alpha value is -0.0800. The van der Waals surface area contributed by atoms with Crippen molar-refractivity contribution in [2.24, 2.45) is 5.92 Å². The summed E-state index contributed by atoms with van der Waals surface area (Å²) in [5.41, 5.74) is 0. The zero-order chi connectivity index (χ0) is 7.84. The molecule has 0 unspecified atom stereocenters. The molecule has 0 spiro atoms. The molecule has 0 saturated carbocycles. The molecular formula is C9H17N2-. The van der Waals surface area contributed by atoms with Crippen LogP contribution in [0.2, 0.25) is 0 Å². The van der Waals surface area contributed by atoms with Crippen LogP contribution in [-0.4, -0.2) is 42.5 Å². The molecule has 2 heterocycles. The van der Waals surface area contributed by atoms with Gasteiger partial charge in [0.2, 0.25) is 0 Å². The Morgan fingerprint density at radius 2 is 2.18 bits per heavy atom. The van der Waals surface area contributed by atoms with Crippen molar-refractivity contribution in [3.05, 3.63) is 7.05 Å². The second kappa shape index (κ2) is 2.76. The van der Waals surface area contributed by atoms with E-state index in [9.17, 15) is 0 Å². The number of hydrogen-bond donors (Lipinski definition) is 0. The summed E-state index contributed by atoms with van der Waals surface area (Å²) in [6, 6.07) is 0.807. The Kier molecular flexibility index (Phi) is 1.90. The first-order valence-electron chi connectivity index (χ1n) is 4.53. The van der Waals surface area contributed by atoms with Crippen LogP contribution >= 0.6 is 0 Å². The van der Waals surface area contributed by atoms with Gasteiger partial charge in [-0.15, -0.1) is 0 Å². The zero-order valence-electron chi connectivity index (χ0n) is 7.29. The molecule has 2 aliphatic rings. The Labute approximate surface area is 69.2 Å². The summed E-state index contributed by atoms with van der Waals surface area (Å²) < 4.78 is 0. The summed E-state index contributed by atoms with van der Waals surface area (Å²) in [6.07, 6.45) is 2.80. The van der Waals surface area contributed by atoms with Gasteiger partial charge in [-0.3, -0.25) is 7.05 Å². The highest BCUT2D eigenvalue weighted by molar-refractivity contribution is 4.92. The van der Waals surface area contributed by atoms with E-state index in [2.05, 4.69) is 23.9 Å². The molecule has 2 aliphatic heterocycles. The molecule has 0 amide bonds.